The summed E-state index contributed by atoms with van der Waals surface area (Å²) in [5.74, 6) is 0. The molecule has 2 aliphatic rings. The molecular weight excluding hydrogens is 268 g/mol. The monoisotopic (exact) mass is 298 g/mol. The highest BCUT2D eigenvalue weighted by Gasteiger charge is 2.44. The van der Waals surface area contributed by atoms with Crippen LogP contribution in [0.25, 0.3) is 6.08 Å². The van der Waals surface area contributed by atoms with Crippen LogP contribution in [0.15, 0.2) is 17.7 Å². The summed E-state index contributed by atoms with van der Waals surface area (Å²) in [5.41, 5.74) is 9.24. The second kappa shape index (κ2) is 4.13. The van der Waals surface area contributed by atoms with E-state index in [1.165, 1.54) is 12.0 Å². The number of fused-ring (bicyclic) bond motifs is 2. The van der Waals surface area contributed by atoms with Crippen molar-refractivity contribution < 1.29 is 0 Å². The van der Waals surface area contributed by atoms with Gasteiger partial charge in [-0.1, -0.05) is 71.1 Å². The molecule has 1 aromatic carbocycles. The minimum atomic E-state index is -1.22. The van der Waals surface area contributed by atoms with E-state index in [0.29, 0.717) is 16.4 Å². The van der Waals surface area contributed by atoms with Crippen LogP contribution in [0.4, 0.5) is 0 Å². The summed E-state index contributed by atoms with van der Waals surface area (Å²) in [6.45, 7) is 19.5. The Balaban J connectivity index is 2.23. The van der Waals surface area contributed by atoms with Crippen LogP contribution in [0.3, 0.4) is 0 Å². The Kier molecular flexibility index (Phi) is 2.97. The van der Waals surface area contributed by atoms with Gasteiger partial charge < -0.3 is 0 Å². The lowest BCUT2D eigenvalue weighted by Crippen LogP contribution is -2.31. The van der Waals surface area contributed by atoms with Gasteiger partial charge in [0.15, 0.2) is 0 Å². The van der Waals surface area contributed by atoms with E-state index >= 15 is 0 Å². The summed E-state index contributed by atoms with van der Waals surface area (Å²) in [6.07, 6.45) is 3.72. The number of allylic oxidation sites excluding steroid dienone is 1. The van der Waals surface area contributed by atoms with E-state index in [1.807, 2.05) is 0 Å². The fraction of sp³-hybridized carbons (Fsp3) is 0.600. The molecule has 1 aromatic rings. The largest absolute Gasteiger partial charge is 0.0688 e. The first-order valence-electron chi connectivity index (χ1n) is 8.31. The number of hydrogen-bond donors (Lipinski definition) is 0. The third kappa shape index (κ3) is 2.16. The van der Waals surface area contributed by atoms with Gasteiger partial charge in [0.05, 0.1) is 8.07 Å². The zero-order valence-electron chi connectivity index (χ0n) is 15.0. The van der Waals surface area contributed by atoms with Crippen molar-refractivity contribution in [1.29, 1.82) is 0 Å². The van der Waals surface area contributed by atoms with Gasteiger partial charge in [-0.05, 0) is 46.4 Å². The Hall–Kier alpha value is -0.823. The summed E-state index contributed by atoms with van der Waals surface area (Å²) in [7, 11) is -1.22. The van der Waals surface area contributed by atoms with Gasteiger partial charge in [0, 0.05) is 5.54 Å². The number of benzene rings is 1. The zero-order chi connectivity index (χ0) is 15.8. The molecule has 0 bridgehead atoms. The summed E-state index contributed by atoms with van der Waals surface area (Å²) in [5, 5.41) is 0. The van der Waals surface area contributed by atoms with Gasteiger partial charge in [-0.2, -0.15) is 0 Å². The van der Waals surface area contributed by atoms with Gasteiger partial charge >= 0.3 is 0 Å². The third-order valence-electron chi connectivity index (χ3n) is 5.58. The zero-order valence-corrected chi connectivity index (χ0v) is 16.0. The van der Waals surface area contributed by atoms with E-state index in [4.69, 9.17) is 0 Å². The van der Waals surface area contributed by atoms with Crippen LogP contribution in [0.1, 0.15) is 68.8 Å². The SMILES string of the molecule is CC1=Cc2cc3c(cc2C1[Si](C)(C)C)C(C)(C)CC3(C)C. The average molecular weight is 299 g/mol. The predicted molar refractivity (Wildman–Crippen MR) is 96.8 cm³/mol. The van der Waals surface area contributed by atoms with E-state index in [9.17, 15) is 0 Å². The van der Waals surface area contributed by atoms with Gasteiger partial charge in [0.2, 0.25) is 0 Å². The van der Waals surface area contributed by atoms with Crippen LogP contribution in [-0.4, -0.2) is 8.07 Å². The van der Waals surface area contributed by atoms with Gasteiger partial charge in [-0.25, -0.2) is 0 Å². The van der Waals surface area contributed by atoms with Gasteiger partial charge in [-0.15, -0.1) is 0 Å². The molecule has 2 aliphatic carbocycles. The summed E-state index contributed by atoms with van der Waals surface area (Å²) in [6, 6.07) is 5.10. The Morgan fingerprint density at radius 3 is 2.00 bits per heavy atom. The molecule has 0 amide bonds. The molecule has 0 saturated carbocycles. The summed E-state index contributed by atoms with van der Waals surface area (Å²) < 4.78 is 0. The molecule has 0 heterocycles. The smallest absolute Gasteiger partial charge is 0.0569 e. The molecule has 1 heteroatoms. The van der Waals surface area contributed by atoms with E-state index in [2.05, 4.69) is 72.5 Å². The van der Waals surface area contributed by atoms with Crippen molar-refractivity contribution in [3.8, 4) is 0 Å². The molecule has 0 aliphatic heterocycles. The molecule has 0 nitrogen and oxygen atoms in total. The van der Waals surface area contributed by atoms with Crippen LogP contribution in [-0.2, 0) is 10.8 Å². The van der Waals surface area contributed by atoms with Crippen molar-refractivity contribution in [1.82, 2.24) is 0 Å². The fourth-order valence-corrected chi connectivity index (χ4v) is 7.78. The van der Waals surface area contributed by atoms with E-state index < -0.39 is 8.07 Å². The number of hydrogen-bond acceptors (Lipinski definition) is 0. The van der Waals surface area contributed by atoms with Gasteiger partial charge in [0.1, 0.15) is 0 Å². The quantitative estimate of drug-likeness (QED) is 0.556. The topological polar surface area (TPSA) is 0 Å². The molecule has 0 radical (unpaired) electrons. The van der Waals surface area contributed by atoms with Crippen LogP contribution in [0, 0.1) is 0 Å². The minimum absolute atomic E-state index is 0.312. The van der Waals surface area contributed by atoms with Crippen molar-refractivity contribution in [3.05, 3.63) is 40.0 Å². The van der Waals surface area contributed by atoms with Gasteiger partial charge in [-0.3, -0.25) is 0 Å². The molecule has 3 rings (SSSR count). The van der Waals surface area contributed by atoms with Crippen molar-refractivity contribution in [2.75, 3.05) is 0 Å². The minimum Gasteiger partial charge on any atom is -0.0688 e. The average Bonchev–Trinajstić information content (AvgIpc) is 2.67. The van der Waals surface area contributed by atoms with E-state index in [1.54, 1.807) is 22.3 Å². The molecule has 0 N–H and O–H groups in total. The van der Waals surface area contributed by atoms with Crippen molar-refractivity contribution in [2.45, 2.75) is 77.1 Å². The second-order valence-electron chi connectivity index (χ2n) is 9.66. The molecule has 114 valence electrons. The molecule has 21 heavy (non-hydrogen) atoms. The Morgan fingerprint density at radius 2 is 1.48 bits per heavy atom. The first kappa shape index (κ1) is 15.1. The lowest BCUT2D eigenvalue weighted by atomic mass is 9.82. The van der Waals surface area contributed by atoms with E-state index in [0.717, 1.165) is 0 Å². The third-order valence-corrected chi connectivity index (χ3v) is 8.08. The molecular formula is C20H30Si. The maximum absolute atomic E-state index is 2.58. The Labute approximate surface area is 131 Å². The van der Waals surface area contributed by atoms with Crippen molar-refractivity contribution in [3.63, 3.8) is 0 Å². The normalized spacial score (nSPS) is 25.5. The number of rotatable bonds is 1. The van der Waals surface area contributed by atoms with Crippen molar-refractivity contribution >= 4 is 14.1 Å². The maximum Gasteiger partial charge on any atom is 0.0569 e. The fourth-order valence-electron chi connectivity index (χ4n) is 5.15. The standard InChI is InChI=1S/C20H30Si/c1-13-9-14-10-16-17(20(4,5)12-19(16,2)3)11-15(14)18(13)21(6,7)8/h9-11,18H,12H2,1-8H3. The highest BCUT2D eigenvalue weighted by molar-refractivity contribution is 6.78. The summed E-state index contributed by atoms with van der Waals surface area (Å²) in [4.78, 5) is 0. The maximum atomic E-state index is 2.58. The van der Waals surface area contributed by atoms with Crippen LogP contribution in [0.5, 0.6) is 0 Å². The van der Waals surface area contributed by atoms with Crippen LogP contribution >= 0.6 is 0 Å². The van der Waals surface area contributed by atoms with E-state index in [-0.39, 0.29) is 0 Å². The van der Waals surface area contributed by atoms with Gasteiger partial charge in [0.25, 0.3) is 0 Å². The Morgan fingerprint density at radius 1 is 0.952 bits per heavy atom. The summed E-state index contributed by atoms with van der Waals surface area (Å²) >= 11 is 0. The van der Waals surface area contributed by atoms with Crippen LogP contribution in [0.2, 0.25) is 19.6 Å². The molecule has 0 aromatic heterocycles. The van der Waals surface area contributed by atoms with Crippen LogP contribution < -0.4 is 0 Å². The first-order chi connectivity index (χ1) is 9.43. The highest BCUT2D eigenvalue weighted by Crippen LogP contribution is 2.53. The predicted octanol–water partition coefficient (Wildman–Crippen LogP) is 6.02. The molecule has 0 fully saturated rings. The molecule has 0 spiro atoms. The Bertz CT molecular complexity index is 639. The van der Waals surface area contributed by atoms with Crippen molar-refractivity contribution in [2.24, 2.45) is 0 Å². The second-order valence-corrected chi connectivity index (χ2v) is 15.0. The lowest BCUT2D eigenvalue weighted by molar-refractivity contribution is 0.403. The first-order valence-corrected chi connectivity index (χ1v) is 11.9. The lowest BCUT2D eigenvalue weighted by Gasteiger charge is -2.29. The molecule has 1 unspecified atom stereocenters. The highest BCUT2D eigenvalue weighted by atomic mass is 28.3. The molecule has 1 atom stereocenters. The molecule has 0 saturated heterocycles.